The molecule has 2 atom stereocenters. The lowest BCUT2D eigenvalue weighted by atomic mass is 9.87. The highest BCUT2D eigenvalue weighted by molar-refractivity contribution is 7.98. The molecule has 0 aliphatic heterocycles. The normalized spacial score (nSPS) is 19.7. The summed E-state index contributed by atoms with van der Waals surface area (Å²) in [5.41, 5.74) is 0.540. The number of rotatable bonds is 9. The predicted octanol–water partition coefficient (Wildman–Crippen LogP) is 3.21. The average Bonchev–Trinajstić information content (AvgIpc) is 3.19. The summed E-state index contributed by atoms with van der Waals surface area (Å²) < 4.78 is 4.79. The van der Waals surface area contributed by atoms with Crippen molar-refractivity contribution in [3.8, 4) is 0 Å². The highest BCUT2D eigenvalue weighted by Crippen LogP contribution is 2.33. The van der Waals surface area contributed by atoms with Crippen LogP contribution in [0.15, 0.2) is 0 Å². The second kappa shape index (κ2) is 11.8. The van der Waals surface area contributed by atoms with Crippen LogP contribution in [0.3, 0.4) is 0 Å². The molecule has 1 aromatic rings. The quantitative estimate of drug-likeness (QED) is 0.521. The van der Waals surface area contributed by atoms with Gasteiger partial charge in [0, 0.05) is 19.3 Å². The van der Waals surface area contributed by atoms with Gasteiger partial charge in [-0.25, -0.2) is 9.78 Å². The summed E-state index contributed by atoms with van der Waals surface area (Å²) in [6.07, 6.45) is 8.99. The highest BCUT2D eigenvalue weighted by atomic mass is 32.2. The number of fused-ring (bicyclic) bond motifs is 1. The minimum absolute atomic E-state index is 0.0624. The van der Waals surface area contributed by atoms with Gasteiger partial charge in [0.15, 0.2) is 10.9 Å². The van der Waals surface area contributed by atoms with Gasteiger partial charge < -0.3 is 15.4 Å². The first-order valence-electron chi connectivity index (χ1n) is 11.1. The van der Waals surface area contributed by atoms with E-state index in [9.17, 15) is 19.2 Å². The molecule has 2 aliphatic rings. The van der Waals surface area contributed by atoms with Gasteiger partial charge in [0.25, 0.3) is 0 Å². The Morgan fingerprint density at radius 2 is 1.97 bits per heavy atom. The number of Topliss-reactive ketones (excluding diaryl/α,β-unsaturated/α-hetero) is 1. The number of carbonyl (C=O) groups excluding carboxylic acids is 4. The monoisotopic (exact) mass is 481 g/mol. The summed E-state index contributed by atoms with van der Waals surface area (Å²) in [5, 5.41) is 5.99. The zero-order chi connectivity index (χ0) is 23.1. The largest absolute Gasteiger partial charge is 0.467 e. The van der Waals surface area contributed by atoms with Gasteiger partial charge >= 0.3 is 5.97 Å². The Kier molecular flexibility index (Phi) is 9.10. The summed E-state index contributed by atoms with van der Waals surface area (Å²) in [6.45, 7) is 0. The Bertz CT molecular complexity index is 851. The van der Waals surface area contributed by atoms with Crippen LogP contribution < -0.4 is 10.6 Å². The van der Waals surface area contributed by atoms with Crippen molar-refractivity contribution in [2.75, 3.05) is 24.4 Å². The first-order chi connectivity index (χ1) is 15.4. The Hall–Kier alpha value is -1.94. The first kappa shape index (κ1) is 24.7. The van der Waals surface area contributed by atoms with Crippen molar-refractivity contribution < 1.29 is 23.9 Å². The van der Waals surface area contributed by atoms with Crippen molar-refractivity contribution in [3.63, 3.8) is 0 Å². The second-order valence-electron chi connectivity index (χ2n) is 8.45. The van der Waals surface area contributed by atoms with Crippen LogP contribution in [-0.2, 0) is 25.5 Å². The number of ketones is 1. The number of thioether (sulfide) groups is 1. The summed E-state index contributed by atoms with van der Waals surface area (Å²) in [4.78, 5) is 54.8. The fourth-order valence-corrected chi connectivity index (χ4v) is 5.74. The lowest BCUT2D eigenvalue weighted by Crippen LogP contribution is -2.46. The number of thiazole rings is 1. The van der Waals surface area contributed by atoms with Gasteiger partial charge in [0.1, 0.15) is 6.04 Å². The Morgan fingerprint density at radius 1 is 1.22 bits per heavy atom. The molecule has 176 valence electrons. The third kappa shape index (κ3) is 6.54. The van der Waals surface area contributed by atoms with Crippen molar-refractivity contribution in [1.82, 2.24) is 10.3 Å². The summed E-state index contributed by atoms with van der Waals surface area (Å²) >= 11 is 2.75. The van der Waals surface area contributed by atoms with Crippen molar-refractivity contribution in [2.24, 2.45) is 11.8 Å². The molecule has 1 aromatic heterocycles. The maximum Gasteiger partial charge on any atom is 0.328 e. The minimum Gasteiger partial charge on any atom is -0.467 e. The number of ether oxygens (including phenoxy) is 1. The van der Waals surface area contributed by atoms with E-state index in [1.165, 1.54) is 37.7 Å². The molecule has 0 unspecified atom stereocenters. The van der Waals surface area contributed by atoms with E-state index in [2.05, 4.69) is 15.6 Å². The molecule has 0 saturated heterocycles. The standard InChI is InChI=1S/C22H31N3O5S2/c1-30-21(29)15(8-9-31-2)23-20(28)14-11-16-19(17(26)12-14)32-22(24-16)25-18(27)10-13-6-4-3-5-7-13/h13-15H,3-12H2,1-2H3,(H,23,28)(H,24,25,27)/t14-,15+/m1/s1. The van der Waals surface area contributed by atoms with E-state index in [4.69, 9.17) is 4.74 Å². The van der Waals surface area contributed by atoms with Gasteiger partial charge in [-0.05, 0) is 37.2 Å². The van der Waals surface area contributed by atoms with E-state index in [-0.39, 0.29) is 24.0 Å². The number of hydrogen-bond acceptors (Lipinski definition) is 8. The Labute approximate surface area is 196 Å². The van der Waals surface area contributed by atoms with Gasteiger partial charge in [-0.2, -0.15) is 11.8 Å². The number of methoxy groups -OCH3 is 1. The van der Waals surface area contributed by atoms with Gasteiger partial charge in [0.05, 0.1) is 23.6 Å². The lowest BCUT2D eigenvalue weighted by molar-refractivity contribution is -0.145. The molecule has 32 heavy (non-hydrogen) atoms. The summed E-state index contributed by atoms with van der Waals surface area (Å²) in [6, 6.07) is -0.735. The smallest absolute Gasteiger partial charge is 0.328 e. The van der Waals surface area contributed by atoms with Gasteiger partial charge in [-0.1, -0.05) is 30.6 Å². The van der Waals surface area contributed by atoms with Crippen LogP contribution in [0.4, 0.5) is 5.13 Å². The Morgan fingerprint density at radius 3 is 2.66 bits per heavy atom. The number of esters is 1. The average molecular weight is 482 g/mol. The summed E-state index contributed by atoms with van der Waals surface area (Å²) in [7, 11) is 1.29. The predicted molar refractivity (Wildman–Crippen MR) is 125 cm³/mol. The molecular weight excluding hydrogens is 450 g/mol. The second-order valence-corrected chi connectivity index (χ2v) is 10.4. The van der Waals surface area contributed by atoms with Crippen LogP contribution in [0, 0.1) is 11.8 Å². The maximum atomic E-state index is 12.8. The Balaban J connectivity index is 1.60. The van der Waals surface area contributed by atoms with Crippen molar-refractivity contribution >= 4 is 51.8 Å². The van der Waals surface area contributed by atoms with Crippen LogP contribution >= 0.6 is 23.1 Å². The summed E-state index contributed by atoms with van der Waals surface area (Å²) in [5.74, 6) is -0.548. The van der Waals surface area contributed by atoms with Crippen LogP contribution in [-0.4, -0.2) is 53.7 Å². The van der Waals surface area contributed by atoms with E-state index in [0.717, 1.165) is 12.8 Å². The van der Waals surface area contributed by atoms with E-state index >= 15 is 0 Å². The zero-order valence-corrected chi connectivity index (χ0v) is 20.2. The minimum atomic E-state index is -0.735. The van der Waals surface area contributed by atoms with Crippen LogP contribution in [0.25, 0.3) is 0 Å². The van der Waals surface area contributed by atoms with Gasteiger partial charge in [-0.15, -0.1) is 0 Å². The van der Waals surface area contributed by atoms with Crippen LogP contribution in [0.1, 0.15) is 66.7 Å². The SMILES string of the molecule is COC(=O)[C@H](CCSC)NC(=O)[C@H]1CC(=O)c2sc(NC(=O)CC3CCCCC3)nc2C1. The molecule has 1 fully saturated rings. The third-order valence-corrected chi connectivity index (χ3v) is 7.75. The molecule has 0 aromatic carbocycles. The molecule has 8 nitrogen and oxygen atoms in total. The molecule has 0 spiro atoms. The van der Waals surface area contributed by atoms with Crippen LogP contribution in [0.5, 0.6) is 0 Å². The van der Waals surface area contributed by atoms with E-state index in [1.807, 2.05) is 6.26 Å². The maximum absolute atomic E-state index is 12.8. The van der Waals surface area contributed by atoms with E-state index in [0.29, 0.717) is 46.6 Å². The molecule has 2 amide bonds. The topological polar surface area (TPSA) is 114 Å². The van der Waals surface area contributed by atoms with Gasteiger partial charge in [0.2, 0.25) is 11.8 Å². The molecule has 0 radical (unpaired) electrons. The molecule has 1 heterocycles. The van der Waals surface area contributed by atoms with Crippen molar-refractivity contribution in [1.29, 1.82) is 0 Å². The molecule has 0 bridgehead atoms. The number of amides is 2. The lowest BCUT2D eigenvalue weighted by Gasteiger charge is -2.22. The van der Waals surface area contributed by atoms with Crippen molar-refractivity contribution in [3.05, 3.63) is 10.6 Å². The first-order valence-corrected chi connectivity index (χ1v) is 13.3. The van der Waals surface area contributed by atoms with E-state index in [1.54, 1.807) is 11.8 Å². The number of aromatic nitrogens is 1. The zero-order valence-electron chi connectivity index (χ0n) is 18.6. The molecule has 2 aliphatic carbocycles. The van der Waals surface area contributed by atoms with Crippen LogP contribution in [0.2, 0.25) is 0 Å². The number of carbonyl (C=O) groups is 4. The fraction of sp³-hybridized carbons (Fsp3) is 0.682. The number of hydrogen-bond donors (Lipinski definition) is 2. The van der Waals surface area contributed by atoms with Crippen molar-refractivity contribution in [2.45, 2.75) is 63.8 Å². The van der Waals surface area contributed by atoms with Gasteiger partial charge in [-0.3, -0.25) is 14.4 Å². The number of nitrogens with one attached hydrogen (secondary N) is 2. The third-order valence-electron chi connectivity index (χ3n) is 6.05. The van der Waals surface area contributed by atoms with E-state index < -0.39 is 17.9 Å². The molecule has 1 saturated carbocycles. The fourth-order valence-electron chi connectivity index (χ4n) is 4.31. The highest BCUT2D eigenvalue weighted by Gasteiger charge is 2.35. The number of anilines is 1. The molecule has 2 N–H and O–H groups in total. The molecule has 3 rings (SSSR count). The number of nitrogens with zero attached hydrogens (tertiary/aromatic N) is 1. The molecule has 10 heteroatoms. The molecular formula is C22H31N3O5S2.